The van der Waals surface area contributed by atoms with Gasteiger partial charge in [0.1, 0.15) is 0 Å². The summed E-state index contributed by atoms with van der Waals surface area (Å²) in [6, 6.07) is 0.787. The molecular formula is C13H27NS. The van der Waals surface area contributed by atoms with E-state index in [1.54, 1.807) is 0 Å². The molecule has 0 spiro atoms. The Balaban J connectivity index is 2.36. The van der Waals surface area contributed by atoms with Crippen LogP contribution in [0.2, 0.25) is 0 Å². The lowest BCUT2D eigenvalue weighted by atomic mass is 9.89. The fraction of sp³-hybridized carbons (Fsp3) is 1.00. The molecule has 1 saturated heterocycles. The van der Waals surface area contributed by atoms with E-state index in [-0.39, 0.29) is 0 Å². The van der Waals surface area contributed by atoms with E-state index in [9.17, 15) is 0 Å². The van der Waals surface area contributed by atoms with Crippen LogP contribution in [0.3, 0.4) is 0 Å². The minimum Gasteiger partial charge on any atom is -0.314 e. The van der Waals surface area contributed by atoms with Crippen molar-refractivity contribution in [3.8, 4) is 0 Å². The maximum Gasteiger partial charge on any atom is 0.0106 e. The van der Waals surface area contributed by atoms with E-state index < -0.39 is 0 Å². The molecule has 0 aliphatic carbocycles. The molecule has 3 unspecified atom stereocenters. The molecule has 0 aromatic carbocycles. The first-order valence-corrected chi connectivity index (χ1v) is 7.74. The van der Waals surface area contributed by atoms with E-state index in [1.807, 2.05) is 0 Å². The number of rotatable bonds is 7. The molecule has 1 heterocycles. The van der Waals surface area contributed by atoms with E-state index in [0.29, 0.717) is 0 Å². The Hall–Kier alpha value is 0.310. The number of thioether (sulfide) groups is 1. The lowest BCUT2D eigenvalue weighted by Gasteiger charge is -2.26. The van der Waals surface area contributed by atoms with Gasteiger partial charge in [-0.1, -0.05) is 27.2 Å². The van der Waals surface area contributed by atoms with Gasteiger partial charge in [0.15, 0.2) is 0 Å². The quantitative estimate of drug-likeness (QED) is 0.716. The molecule has 15 heavy (non-hydrogen) atoms. The van der Waals surface area contributed by atoms with Gasteiger partial charge in [-0.2, -0.15) is 11.8 Å². The summed E-state index contributed by atoms with van der Waals surface area (Å²) in [7, 11) is 0. The third-order valence-electron chi connectivity index (χ3n) is 3.54. The van der Waals surface area contributed by atoms with Gasteiger partial charge in [-0.25, -0.2) is 0 Å². The molecule has 90 valence electrons. The zero-order valence-corrected chi connectivity index (χ0v) is 11.4. The minimum absolute atomic E-state index is 0.787. The van der Waals surface area contributed by atoms with E-state index in [2.05, 4.69) is 37.8 Å². The zero-order chi connectivity index (χ0) is 11.1. The maximum atomic E-state index is 3.76. The second-order valence-electron chi connectivity index (χ2n) is 4.93. The van der Waals surface area contributed by atoms with Crippen molar-refractivity contribution in [3.05, 3.63) is 0 Å². The van der Waals surface area contributed by atoms with E-state index in [0.717, 1.165) is 17.9 Å². The van der Waals surface area contributed by atoms with Crippen molar-refractivity contribution in [1.29, 1.82) is 0 Å². The highest BCUT2D eigenvalue weighted by atomic mass is 32.2. The maximum absolute atomic E-state index is 3.76. The van der Waals surface area contributed by atoms with Crippen LogP contribution in [0.25, 0.3) is 0 Å². The van der Waals surface area contributed by atoms with Gasteiger partial charge >= 0.3 is 0 Å². The third-order valence-corrected chi connectivity index (χ3v) is 4.73. The molecule has 0 saturated carbocycles. The Morgan fingerprint density at radius 3 is 2.73 bits per heavy atom. The molecule has 0 amide bonds. The van der Waals surface area contributed by atoms with E-state index >= 15 is 0 Å². The Morgan fingerprint density at radius 1 is 1.40 bits per heavy atom. The molecule has 0 radical (unpaired) electrons. The van der Waals surface area contributed by atoms with E-state index in [4.69, 9.17) is 0 Å². The van der Waals surface area contributed by atoms with Gasteiger partial charge in [0, 0.05) is 6.04 Å². The molecule has 1 aliphatic heterocycles. The summed E-state index contributed by atoms with van der Waals surface area (Å²) >= 11 is 2.14. The molecule has 1 fully saturated rings. The predicted molar refractivity (Wildman–Crippen MR) is 71.6 cm³/mol. The first-order valence-electron chi connectivity index (χ1n) is 6.59. The van der Waals surface area contributed by atoms with Gasteiger partial charge in [-0.05, 0) is 49.1 Å². The second-order valence-corrected chi connectivity index (χ2v) is 6.08. The average Bonchev–Trinajstić information content (AvgIpc) is 2.77. The Bertz CT molecular complexity index is 155. The van der Waals surface area contributed by atoms with Crippen molar-refractivity contribution in [2.24, 2.45) is 11.8 Å². The van der Waals surface area contributed by atoms with Crippen molar-refractivity contribution in [2.45, 2.75) is 52.5 Å². The highest BCUT2D eigenvalue weighted by Crippen LogP contribution is 2.29. The molecular weight excluding hydrogens is 202 g/mol. The smallest absolute Gasteiger partial charge is 0.0106 e. The molecule has 1 aliphatic rings. The van der Waals surface area contributed by atoms with Gasteiger partial charge in [0.25, 0.3) is 0 Å². The van der Waals surface area contributed by atoms with Gasteiger partial charge in [0.05, 0.1) is 0 Å². The number of hydrogen-bond donors (Lipinski definition) is 1. The summed E-state index contributed by atoms with van der Waals surface area (Å²) in [4.78, 5) is 0. The van der Waals surface area contributed by atoms with Gasteiger partial charge in [0.2, 0.25) is 0 Å². The van der Waals surface area contributed by atoms with Gasteiger partial charge < -0.3 is 5.32 Å². The van der Waals surface area contributed by atoms with Crippen molar-refractivity contribution in [2.75, 3.05) is 18.1 Å². The lowest BCUT2D eigenvalue weighted by Crippen LogP contribution is -2.38. The summed E-state index contributed by atoms with van der Waals surface area (Å²) in [5.74, 6) is 4.59. The molecule has 0 bridgehead atoms. The van der Waals surface area contributed by atoms with Crippen molar-refractivity contribution >= 4 is 11.8 Å². The Labute approximate surface area is 99.8 Å². The molecule has 1 rings (SSSR count). The van der Waals surface area contributed by atoms with E-state index in [1.165, 1.54) is 43.7 Å². The van der Waals surface area contributed by atoms with Crippen LogP contribution in [0.1, 0.15) is 46.5 Å². The fourth-order valence-electron chi connectivity index (χ4n) is 2.24. The Kier molecular flexibility index (Phi) is 6.74. The largest absolute Gasteiger partial charge is 0.314 e. The summed E-state index contributed by atoms with van der Waals surface area (Å²) in [6.07, 6.45) is 5.39. The standard InChI is InChI=1S/C13H27NS/c1-4-7-14-13(9-11(3)5-2)12-6-8-15-10-12/h11-14H,4-10H2,1-3H3. The van der Waals surface area contributed by atoms with Crippen LogP contribution in [-0.2, 0) is 0 Å². The van der Waals surface area contributed by atoms with Crippen LogP contribution in [-0.4, -0.2) is 24.1 Å². The molecule has 0 aromatic rings. The van der Waals surface area contributed by atoms with Crippen LogP contribution < -0.4 is 5.32 Å². The first-order chi connectivity index (χ1) is 7.27. The Morgan fingerprint density at radius 2 is 2.20 bits per heavy atom. The van der Waals surface area contributed by atoms with Crippen LogP contribution in [0.4, 0.5) is 0 Å². The third kappa shape index (κ3) is 4.78. The molecule has 1 nitrogen and oxygen atoms in total. The highest BCUT2D eigenvalue weighted by molar-refractivity contribution is 7.99. The van der Waals surface area contributed by atoms with Crippen LogP contribution in [0, 0.1) is 11.8 Å². The van der Waals surface area contributed by atoms with Crippen LogP contribution in [0.5, 0.6) is 0 Å². The van der Waals surface area contributed by atoms with Crippen molar-refractivity contribution < 1.29 is 0 Å². The van der Waals surface area contributed by atoms with Gasteiger partial charge in [-0.3, -0.25) is 0 Å². The monoisotopic (exact) mass is 229 g/mol. The molecule has 1 N–H and O–H groups in total. The summed E-state index contributed by atoms with van der Waals surface area (Å²) in [5, 5.41) is 3.76. The summed E-state index contributed by atoms with van der Waals surface area (Å²) < 4.78 is 0. The topological polar surface area (TPSA) is 12.0 Å². The molecule has 0 aromatic heterocycles. The lowest BCUT2D eigenvalue weighted by molar-refractivity contribution is 0.314. The zero-order valence-electron chi connectivity index (χ0n) is 10.6. The SMILES string of the molecule is CCCNC(CC(C)CC)C1CCSC1. The second kappa shape index (κ2) is 7.56. The minimum atomic E-state index is 0.787. The van der Waals surface area contributed by atoms with Gasteiger partial charge in [-0.15, -0.1) is 0 Å². The van der Waals surface area contributed by atoms with Crippen LogP contribution in [0.15, 0.2) is 0 Å². The summed E-state index contributed by atoms with van der Waals surface area (Å²) in [6.45, 7) is 8.16. The number of hydrogen-bond acceptors (Lipinski definition) is 2. The molecule has 3 atom stereocenters. The number of nitrogens with one attached hydrogen (secondary N) is 1. The summed E-state index contributed by atoms with van der Waals surface area (Å²) in [5.41, 5.74) is 0. The van der Waals surface area contributed by atoms with Crippen molar-refractivity contribution in [3.63, 3.8) is 0 Å². The fourth-order valence-corrected chi connectivity index (χ4v) is 3.58. The highest BCUT2D eigenvalue weighted by Gasteiger charge is 2.25. The first kappa shape index (κ1) is 13.4. The normalized spacial score (nSPS) is 25.4. The van der Waals surface area contributed by atoms with Crippen LogP contribution >= 0.6 is 11.8 Å². The predicted octanol–water partition coefficient (Wildman–Crippen LogP) is 3.54. The molecule has 2 heteroatoms. The van der Waals surface area contributed by atoms with Crippen molar-refractivity contribution in [1.82, 2.24) is 5.32 Å². The average molecular weight is 229 g/mol.